The molecule has 0 bridgehead atoms. The number of carbonyl (C=O) groups excluding carboxylic acids is 2. The van der Waals surface area contributed by atoms with Crippen LogP contribution in [0.1, 0.15) is 39.9 Å². The highest BCUT2D eigenvalue weighted by molar-refractivity contribution is 9.10. The average Bonchev–Trinajstić information content (AvgIpc) is 2.84. The van der Waals surface area contributed by atoms with Crippen LogP contribution in [0.2, 0.25) is 0 Å². The molecule has 1 heterocycles. The predicted molar refractivity (Wildman–Crippen MR) is 138 cm³/mol. The number of halogens is 1. The summed E-state index contributed by atoms with van der Waals surface area (Å²) in [6.45, 7) is 6.59. The number of imide groups is 1. The van der Waals surface area contributed by atoms with Crippen LogP contribution in [-0.2, 0) is 5.60 Å². The fourth-order valence-electron chi connectivity index (χ4n) is 4.34. The Bertz CT molecular complexity index is 1210. The molecule has 2 N–H and O–H groups in total. The van der Waals surface area contributed by atoms with Crippen molar-refractivity contribution in [3.05, 3.63) is 100 Å². The van der Waals surface area contributed by atoms with Crippen molar-refractivity contribution in [1.82, 2.24) is 10.2 Å². The van der Waals surface area contributed by atoms with Crippen molar-refractivity contribution in [2.45, 2.75) is 25.4 Å². The Labute approximate surface area is 208 Å². The van der Waals surface area contributed by atoms with Gasteiger partial charge in [0.25, 0.3) is 5.91 Å². The van der Waals surface area contributed by atoms with Crippen LogP contribution >= 0.6 is 15.9 Å². The van der Waals surface area contributed by atoms with Gasteiger partial charge in [0, 0.05) is 28.7 Å². The third-order valence-electron chi connectivity index (χ3n) is 6.38. The zero-order chi connectivity index (χ0) is 24.3. The number of carbonyl (C=O) groups is 2. The number of nitrogens with zero attached hydrogens (tertiary/aromatic N) is 1. The van der Waals surface area contributed by atoms with Crippen molar-refractivity contribution < 1.29 is 14.7 Å². The Hall–Kier alpha value is -3.22. The summed E-state index contributed by atoms with van der Waals surface area (Å²) in [6, 6.07) is 20.4. The summed E-state index contributed by atoms with van der Waals surface area (Å²) < 4.78 is 0.945. The number of urea groups is 1. The van der Waals surface area contributed by atoms with Crippen LogP contribution in [0.4, 0.5) is 4.79 Å². The Morgan fingerprint density at radius 2 is 1.68 bits per heavy atom. The number of benzene rings is 3. The lowest BCUT2D eigenvalue weighted by Gasteiger charge is -2.38. The van der Waals surface area contributed by atoms with Gasteiger partial charge in [0.05, 0.1) is 5.60 Å². The summed E-state index contributed by atoms with van der Waals surface area (Å²) in [6.07, 6.45) is 2.51. The van der Waals surface area contributed by atoms with Gasteiger partial charge in [-0.1, -0.05) is 82.7 Å². The molecule has 0 radical (unpaired) electrons. The zero-order valence-electron chi connectivity index (χ0n) is 19.1. The highest BCUT2D eigenvalue weighted by Gasteiger charge is 2.36. The molecule has 1 aliphatic rings. The van der Waals surface area contributed by atoms with Gasteiger partial charge in [-0.25, -0.2) is 4.79 Å². The molecule has 1 aliphatic heterocycles. The van der Waals surface area contributed by atoms with Crippen molar-refractivity contribution in [2.75, 3.05) is 13.1 Å². The zero-order valence-corrected chi connectivity index (χ0v) is 20.6. The number of hydrogen-bond donors (Lipinski definition) is 2. The van der Waals surface area contributed by atoms with E-state index in [1.165, 1.54) is 0 Å². The summed E-state index contributed by atoms with van der Waals surface area (Å²) in [7, 11) is 0. The van der Waals surface area contributed by atoms with E-state index in [0.29, 0.717) is 31.5 Å². The average molecular weight is 519 g/mol. The molecule has 174 valence electrons. The summed E-state index contributed by atoms with van der Waals surface area (Å²) in [4.78, 5) is 27.6. The number of aliphatic hydroxyl groups is 1. The number of hydrogen-bond acceptors (Lipinski definition) is 3. The lowest BCUT2D eigenvalue weighted by Crippen LogP contribution is -2.50. The first kappa shape index (κ1) is 23.9. The van der Waals surface area contributed by atoms with Gasteiger partial charge in [-0.2, -0.15) is 0 Å². The minimum Gasteiger partial charge on any atom is -0.385 e. The quantitative estimate of drug-likeness (QED) is 0.451. The van der Waals surface area contributed by atoms with E-state index in [4.69, 9.17) is 0 Å². The van der Waals surface area contributed by atoms with E-state index in [0.717, 1.165) is 32.3 Å². The molecule has 3 aromatic carbocycles. The van der Waals surface area contributed by atoms with Crippen molar-refractivity contribution in [3.63, 3.8) is 0 Å². The van der Waals surface area contributed by atoms with Gasteiger partial charge in [-0.15, -0.1) is 0 Å². The van der Waals surface area contributed by atoms with Gasteiger partial charge < -0.3 is 10.0 Å². The summed E-state index contributed by atoms with van der Waals surface area (Å²) in [5.74, 6) is -0.460. The van der Waals surface area contributed by atoms with Crippen molar-refractivity contribution in [1.29, 1.82) is 0 Å². The van der Waals surface area contributed by atoms with Crippen LogP contribution in [-0.4, -0.2) is 35.0 Å². The van der Waals surface area contributed by atoms with E-state index in [2.05, 4.69) is 27.8 Å². The molecule has 0 atom stereocenters. The molecule has 34 heavy (non-hydrogen) atoms. The standard InChI is InChI=1S/C28H27BrN2O3/c1-3-20-5-4-6-24(25(20)21-9-7-19(2)8-10-21)26(32)30-27(33)31-17-15-28(34,16-18-31)22-11-13-23(29)14-12-22/h3-14,34H,1,15-18H2,2H3,(H,30,32,33). The minimum absolute atomic E-state index is 0.350. The number of amides is 3. The SMILES string of the molecule is C=Cc1cccc(C(=O)NC(=O)N2CCC(O)(c3ccc(Br)cc3)CC2)c1-c1ccc(C)cc1. The van der Waals surface area contributed by atoms with E-state index >= 15 is 0 Å². The molecule has 3 aromatic rings. The van der Waals surface area contributed by atoms with Crippen LogP contribution in [0, 0.1) is 6.92 Å². The van der Waals surface area contributed by atoms with Crippen LogP contribution in [0.25, 0.3) is 17.2 Å². The maximum Gasteiger partial charge on any atom is 0.324 e. The molecule has 1 saturated heterocycles. The fraction of sp³-hybridized carbons (Fsp3) is 0.214. The number of piperidine rings is 1. The number of aryl methyl sites for hydroxylation is 1. The molecule has 0 spiro atoms. The third-order valence-corrected chi connectivity index (χ3v) is 6.91. The second-order valence-electron chi connectivity index (χ2n) is 8.62. The van der Waals surface area contributed by atoms with Gasteiger partial charge in [-0.05, 0) is 54.7 Å². The maximum atomic E-state index is 13.2. The highest BCUT2D eigenvalue weighted by atomic mass is 79.9. The molecular formula is C28H27BrN2O3. The van der Waals surface area contributed by atoms with Gasteiger partial charge >= 0.3 is 6.03 Å². The molecule has 0 aromatic heterocycles. The Morgan fingerprint density at radius 3 is 2.29 bits per heavy atom. The first-order valence-electron chi connectivity index (χ1n) is 11.2. The molecule has 5 nitrogen and oxygen atoms in total. The Morgan fingerprint density at radius 1 is 1.03 bits per heavy atom. The minimum atomic E-state index is -0.988. The van der Waals surface area contributed by atoms with Gasteiger partial charge in [0.15, 0.2) is 0 Å². The van der Waals surface area contributed by atoms with E-state index in [-0.39, 0.29) is 0 Å². The lowest BCUT2D eigenvalue weighted by molar-refractivity contribution is -0.0166. The van der Waals surface area contributed by atoms with Crippen molar-refractivity contribution in [3.8, 4) is 11.1 Å². The van der Waals surface area contributed by atoms with Gasteiger partial charge in [0.1, 0.15) is 0 Å². The molecule has 0 aliphatic carbocycles. The summed E-state index contributed by atoms with van der Waals surface area (Å²) in [5, 5.41) is 13.6. The van der Waals surface area contributed by atoms with Crippen LogP contribution in [0.3, 0.4) is 0 Å². The molecule has 1 fully saturated rings. The fourth-order valence-corrected chi connectivity index (χ4v) is 4.61. The first-order chi connectivity index (χ1) is 16.3. The lowest BCUT2D eigenvalue weighted by atomic mass is 9.84. The smallest absolute Gasteiger partial charge is 0.324 e. The number of rotatable bonds is 4. The molecule has 4 rings (SSSR count). The largest absolute Gasteiger partial charge is 0.385 e. The highest BCUT2D eigenvalue weighted by Crippen LogP contribution is 2.34. The second-order valence-corrected chi connectivity index (χ2v) is 9.54. The Kier molecular flexibility index (Phi) is 7.00. The summed E-state index contributed by atoms with van der Waals surface area (Å²) in [5.41, 5.74) is 3.82. The first-order valence-corrected chi connectivity index (χ1v) is 12.0. The number of likely N-dealkylation sites (tertiary alicyclic amines) is 1. The van der Waals surface area contributed by atoms with E-state index < -0.39 is 17.5 Å². The molecule has 0 unspecified atom stereocenters. The molecule has 3 amide bonds. The monoisotopic (exact) mass is 518 g/mol. The maximum absolute atomic E-state index is 13.2. The van der Waals surface area contributed by atoms with Gasteiger partial charge in [-0.3, -0.25) is 10.1 Å². The molecule has 6 heteroatoms. The van der Waals surface area contributed by atoms with Crippen LogP contribution < -0.4 is 5.32 Å². The van der Waals surface area contributed by atoms with E-state index in [1.807, 2.05) is 61.5 Å². The van der Waals surface area contributed by atoms with Crippen molar-refractivity contribution in [2.24, 2.45) is 0 Å². The van der Waals surface area contributed by atoms with Crippen molar-refractivity contribution >= 4 is 33.9 Å². The second kappa shape index (κ2) is 9.95. The predicted octanol–water partition coefficient (Wildman–Crippen LogP) is 5.90. The Balaban J connectivity index is 1.48. The molecule has 0 saturated carbocycles. The number of nitrogens with one attached hydrogen (secondary N) is 1. The molecular weight excluding hydrogens is 492 g/mol. The van der Waals surface area contributed by atoms with Crippen LogP contribution in [0.15, 0.2) is 77.8 Å². The normalized spacial score (nSPS) is 15.0. The summed E-state index contributed by atoms with van der Waals surface area (Å²) >= 11 is 3.41. The van der Waals surface area contributed by atoms with E-state index in [1.54, 1.807) is 23.1 Å². The van der Waals surface area contributed by atoms with E-state index in [9.17, 15) is 14.7 Å². The van der Waals surface area contributed by atoms with Gasteiger partial charge in [0.2, 0.25) is 0 Å². The topological polar surface area (TPSA) is 69.6 Å². The third kappa shape index (κ3) is 4.98. The van der Waals surface area contributed by atoms with Crippen LogP contribution in [0.5, 0.6) is 0 Å².